The number of aromatic carboxylic acids is 1. The highest BCUT2D eigenvalue weighted by atomic mass is 16.6. The van der Waals surface area contributed by atoms with Gasteiger partial charge in [-0.05, 0) is 48.9 Å². The van der Waals surface area contributed by atoms with Gasteiger partial charge in [0.1, 0.15) is 11.5 Å². The van der Waals surface area contributed by atoms with Crippen molar-refractivity contribution in [3.8, 4) is 11.3 Å². The number of furan rings is 1. The summed E-state index contributed by atoms with van der Waals surface area (Å²) >= 11 is 0. The average Bonchev–Trinajstić information content (AvgIpc) is 3.09. The number of aliphatic imine (C=N–C) groups is 1. The first-order chi connectivity index (χ1) is 12.4. The number of rotatable bonds is 5. The first-order valence-corrected chi connectivity index (χ1v) is 7.67. The fourth-order valence-corrected chi connectivity index (χ4v) is 2.38. The number of nitro benzene ring substituents is 1. The monoisotopic (exact) mass is 350 g/mol. The van der Waals surface area contributed by atoms with E-state index in [0.717, 1.165) is 5.56 Å². The lowest BCUT2D eigenvalue weighted by Crippen LogP contribution is -1.94. The molecule has 7 nitrogen and oxygen atoms in total. The maximum absolute atomic E-state index is 10.9. The van der Waals surface area contributed by atoms with Crippen molar-refractivity contribution >= 4 is 23.6 Å². The molecule has 26 heavy (non-hydrogen) atoms. The van der Waals surface area contributed by atoms with Crippen molar-refractivity contribution in [1.82, 2.24) is 0 Å². The van der Waals surface area contributed by atoms with E-state index in [1.165, 1.54) is 30.5 Å². The lowest BCUT2D eigenvalue weighted by molar-refractivity contribution is -0.384. The van der Waals surface area contributed by atoms with Crippen molar-refractivity contribution in [1.29, 1.82) is 0 Å². The number of carbonyl (C=O) groups is 1. The molecule has 0 saturated heterocycles. The molecule has 3 aromatic rings. The molecular formula is C19H14N2O5. The summed E-state index contributed by atoms with van der Waals surface area (Å²) in [5.41, 5.74) is 2.27. The Morgan fingerprint density at radius 2 is 1.88 bits per heavy atom. The van der Waals surface area contributed by atoms with E-state index in [0.29, 0.717) is 22.8 Å². The van der Waals surface area contributed by atoms with Gasteiger partial charge in [-0.3, -0.25) is 15.1 Å². The molecule has 3 rings (SSSR count). The van der Waals surface area contributed by atoms with Gasteiger partial charge in [-0.15, -0.1) is 0 Å². The van der Waals surface area contributed by atoms with E-state index in [-0.39, 0.29) is 11.3 Å². The minimum atomic E-state index is -0.997. The summed E-state index contributed by atoms with van der Waals surface area (Å²) < 4.78 is 5.70. The Bertz CT molecular complexity index is 1000. The summed E-state index contributed by atoms with van der Waals surface area (Å²) in [6.07, 6.45) is 1.51. The molecule has 0 spiro atoms. The van der Waals surface area contributed by atoms with Crippen LogP contribution in [0.1, 0.15) is 21.7 Å². The van der Waals surface area contributed by atoms with Crippen LogP contribution in [0.2, 0.25) is 0 Å². The average molecular weight is 350 g/mol. The van der Waals surface area contributed by atoms with Gasteiger partial charge in [0.05, 0.1) is 22.4 Å². The van der Waals surface area contributed by atoms with Crippen LogP contribution in [0.15, 0.2) is 64.0 Å². The highest BCUT2D eigenvalue weighted by molar-refractivity contribution is 5.88. The van der Waals surface area contributed by atoms with Crippen molar-refractivity contribution < 1.29 is 19.2 Å². The molecule has 0 saturated carbocycles. The number of nitrogens with zero attached hydrogens (tertiary/aromatic N) is 2. The van der Waals surface area contributed by atoms with Crippen LogP contribution in [0.5, 0.6) is 0 Å². The molecule has 0 aliphatic heterocycles. The summed E-state index contributed by atoms with van der Waals surface area (Å²) in [6.45, 7) is 1.85. The zero-order chi connectivity index (χ0) is 18.7. The third-order valence-corrected chi connectivity index (χ3v) is 3.78. The topological polar surface area (TPSA) is 106 Å². The summed E-state index contributed by atoms with van der Waals surface area (Å²) in [4.78, 5) is 25.6. The Kier molecular flexibility index (Phi) is 4.62. The summed E-state index contributed by atoms with van der Waals surface area (Å²) in [6, 6.07) is 14.1. The molecule has 1 heterocycles. The number of non-ortho nitro benzene ring substituents is 1. The maximum Gasteiger partial charge on any atom is 0.335 e. The van der Waals surface area contributed by atoms with Crippen LogP contribution in [0.25, 0.3) is 11.3 Å². The van der Waals surface area contributed by atoms with Gasteiger partial charge in [0.25, 0.3) is 5.69 Å². The summed E-state index contributed by atoms with van der Waals surface area (Å²) in [5, 5.41) is 19.8. The second-order valence-electron chi connectivity index (χ2n) is 5.57. The van der Waals surface area contributed by atoms with Crippen LogP contribution >= 0.6 is 0 Å². The molecule has 7 heteroatoms. The van der Waals surface area contributed by atoms with E-state index in [1.54, 1.807) is 30.3 Å². The molecule has 0 aliphatic carbocycles. The Balaban J connectivity index is 1.83. The van der Waals surface area contributed by atoms with E-state index in [1.807, 2.05) is 6.92 Å². The first-order valence-electron chi connectivity index (χ1n) is 7.67. The van der Waals surface area contributed by atoms with Gasteiger partial charge in [0, 0.05) is 17.7 Å². The molecule has 0 atom stereocenters. The number of benzene rings is 2. The minimum absolute atomic E-state index is 0.00395. The van der Waals surface area contributed by atoms with Crippen molar-refractivity contribution in [2.45, 2.75) is 6.92 Å². The highest BCUT2D eigenvalue weighted by Crippen LogP contribution is 2.29. The van der Waals surface area contributed by atoms with E-state index in [2.05, 4.69) is 4.99 Å². The van der Waals surface area contributed by atoms with Gasteiger partial charge >= 0.3 is 5.97 Å². The number of hydrogen-bond acceptors (Lipinski definition) is 5. The predicted molar refractivity (Wildman–Crippen MR) is 96.2 cm³/mol. The van der Waals surface area contributed by atoms with Crippen molar-refractivity contribution in [2.75, 3.05) is 0 Å². The van der Waals surface area contributed by atoms with E-state index in [4.69, 9.17) is 9.52 Å². The highest BCUT2D eigenvalue weighted by Gasteiger charge is 2.13. The zero-order valence-corrected chi connectivity index (χ0v) is 13.7. The van der Waals surface area contributed by atoms with Crippen LogP contribution < -0.4 is 0 Å². The largest absolute Gasteiger partial charge is 0.478 e. The van der Waals surface area contributed by atoms with Gasteiger partial charge in [0.2, 0.25) is 0 Å². The standard InChI is InChI=1S/C19H14N2O5/c1-12-2-7-15(21(24)25)10-17(12)18-9-8-16(26-18)11-20-14-5-3-13(4-6-14)19(22)23/h2-11H,1H3,(H,22,23). The Morgan fingerprint density at radius 1 is 1.15 bits per heavy atom. The molecule has 0 radical (unpaired) electrons. The van der Waals surface area contributed by atoms with Crippen LogP contribution in [-0.2, 0) is 0 Å². The SMILES string of the molecule is Cc1ccc([N+](=O)[O-])cc1-c1ccc(C=Nc2ccc(C(=O)O)cc2)o1. The molecule has 1 aromatic heterocycles. The molecule has 130 valence electrons. The third kappa shape index (κ3) is 3.67. The number of nitro groups is 1. The van der Waals surface area contributed by atoms with E-state index < -0.39 is 10.9 Å². The van der Waals surface area contributed by atoms with Gasteiger partial charge < -0.3 is 9.52 Å². The third-order valence-electron chi connectivity index (χ3n) is 3.78. The smallest absolute Gasteiger partial charge is 0.335 e. The number of carboxylic acids is 1. The molecule has 0 unspecified atom stereocenters. The molecule has 0 amide bonds. The Hall–Kier alpha value is -3.74. The maximum atomic E-state index is 10.9. The van der Waals surface area contributed by atoms with E-state index >= 15 is 0 Å². The van der Waals surface area contributed by atoms with Crippen molar-refractivity contribution in [2.24, 2.45) is 4.99 Å². The van der Waals surface area contributed by atoms with Gasteiger partial charge in [-0.1, -0.05) is 6.07 Å². The lowest BCUT2D eigenvalue weighted by atomic mass is 10.1. The normalized spacial score (nSPS) is 11.0. The van der Waals surface area contributed by atoms with Crippen LogP contribution in [0.3, 0.4) is 0 Å². The summed E-state index contributed by atoms with van der Waals surface area (Å²) in [7, 11) is 0. The van der Waals surface area contributed by atoms with Crippen LogP contribution in [-0.4, -0.2) is 22.2 Å². The number of carboxylic acid groups (broad SMARTS) is 1. The Labute approximate surface area is 148 Å². The second kappa shape index (κ2) is 7.02. The van der Waals surface area contributed by atoms with Crippen LogP contribution in [0, 0.1) is 17.0 Å². The molecule has 0 bridgehead atoms. The van der Waals surface area contributed by atoms with Gasteiger partial charge in [-0.2, -0.15) is 0 Å². The molecule has 2 aromatic carbocycles. The molecule has 0 fully saturated rings. The first kappa shape index (κ1) is 17.1. The number of aryl methyl sites for hydroxylation is 1. The molecular weight excluding hydrogens is 336 g/mol. The fourth-order valence-electron chi connectivity index (χ4n) is 2.38. The summed E-state index contributed by atoms with van der Waals surface area (Å²) in [5.74, 6) is -0.00868. The lowest BCUT2D eigenvalue weighted by Gasteiger charge is -2.02. The quantitative estimate of drug-likeness (QED) is 0.411. The van der Waals surface area contributed by atoms with Gasteiger partial charge in [0.15, 0.2) is 0 Å². The Morgan fingerprint density at radius 3 is 2.54 bits per heavy atom. The van der Waals surface area contributed by atoms with E-state index in [9.17, 15) is 14.9 Å². The van der Waals surface area contributed by atoms with Crippen LogP contribution in [0.4, 0.5) is 11.4 Å². The van der Waals surface area contributed by atoms with Gasteiger partial charge in [-0.25, -0.2) is 4.79 Å². The number of hydrogen-bond donors (Lipinski definition) is 1. The molecule has 1 N–H and O–H groups in total. The second-order valence-corrected chi connectivity index (χ2v) is 5.57. The van der Waals surface area contributed by atoms with Crippen molar-refractivity contribution in [3.05, 3.63) is 81.6 Å². The van der Waals surface area contributed by atoms with Crippen molar-refractivity contribution in [3.63, 3.8) is 0 Å². The zero-order valence-electron chi connectivity index (χ0n) is 13.7. The fraction of sp³-hybridized carbons (Fsp3) is 0.0526. The predicted octanol–water partition coefficient (Wildman–Crippen LogP) is 4.61. The minimum Gasteiger partial charge on any atom is -0.478 e. The molecule has 0 aliphatic rings.